The Balaban J connectivity index is 1.85. The SMILES string of the molecule is CCOc1ccc(CCCNc2c(F)cccc2F)cc1N. The number of halogens is 2. The van der Waals surface area contributed by atoms with Crippen molar-refractivity contribution in [1.82, 2.24) is 0 Å². The van der Waals surface area contributed by atoms with E-state index in [2.05, 4.69) is 5.32 Å². The van der Waals surface area contributed by atoms with Crippen molar-refractivity contribution in [1.29, 1.82) is 0 Å². The number of nitrogens with two attached hydrogens (primary N) is 1. The van der Waals surface area contributed by atoms with Gasteiger partial charge < -0.3 is 15.8 Å². The molecule has 2 rings (SSSR count). The molecule has 118 valence electrons. The van der Waals surface area contributed by atoms with Gasteiger partial charge in [-0.2, -0.15) is 0 Å². The maximum atomic E-state index is 13.4. The van der Waals surface area contributed by atoms with Gasteiger partial charge in [-0.05, 0) is 49.6 Å². The van der Waals surface area contributed by atoms with E-state index in [9.17, 15) is 8.78 Å². The standard InChI is InChI=1S/C17H20F2N2O/c1-2-22-16-9-8-12(11-15(16)20)5-4-10-21-17-13(18)6-3-7-14(17)19/h3,6-9,11,21H,2,4-5,10,20H2,1H3. The molecule has 0 bridgehead atoms. The average Bonchev–Trinajstić information content (AvgIpc) is 2.49. The average molecular weight is 306 g/mol. The van der Waals surface area contributed by atoms with E-state index in [0.717, 1.165) is 18.4 Å². The van der Waals surface area contributed by atoms with Gasteiger partial charge in [-0.15, -0.1) is 0 Å². The van der Waals surface area contributed by atoms with Gasteiger partial charge in [0.05, 0.1) is 12.3 Å². The zero-order valence-electron chi connectivity index (χ0n) is 12.5. The molecule has 0 amide bonds. The van der Waals surface area contributed by atoms with Gasteiger partial charge in [-0.1, -0.05) is 12.1 Å². The van der Waals surface area contributed by atoms with Crippen molar-refractivity contribution < 1.29 is 13.5 Å². The number of rotatable bonds is 7. The van der Waals surface area contributed by atoms with Crippen molar-refractivity contribution in [3.05, 3.63) is 53.6 Å². The summed E-state index contributed by atoms with van der Waals surface area (Å²) < 4.78 is 32.3. The highest BCUT2D eigenvalue weighted by Gasteiger charge is 2.07. The number of ether oxygens (including phenoxy) is 1. The minimum Gasteiger partial charge on any atom is -0.492 e. The molecule has 0 aliphatic carbocycles. The number of anilines is 2. The van der Waals surface area contributed by atoms with Crippen LogP contribution in [0.2, 0.25) is 0 Å². The summed E-state index contributed by atoms with van der Waals surface area (Å²) in [7, 11) is 0. The van der Waals surface area contributed by atoms with Crippen LogP contribution < -0.4 is 15.8 Å². The molecular weight excluding hydrogens is 286 g/mol. The molecule has 0 aromatic heterocycles. The molecule has 0 radical (unpaired) electrons. The Hall–Kier alpha value is -2.30. The summed E-state index contributed by atoms with van der Waals surface area (Å²) in [6.45, 7) is 2.95. The summed E-state index contributed by atoms with van der Waals surface area (Å²) >= 11 is 0. The van der Waals surface area contributed by atoms with Gasteiger partial charge in [0.2, 0.25) is 0 Å². The van der Waals surface area contributed by atoms with Gasteiger partial charge in [0.1, 0.15) is 23.1 Å². The lowest BCUT2D eigenvalue weighted by Crippen LogP contribution is -2.06. The number of nitrogens with one attached hydrogen (secondary N) is 1. The van der Waals surface area contributed by atoms with Crippen LogP contribution in [0.15, 0.2) is 36.4 Å². The number of hydrogen-bond donors (Lipinski definition) is 2. The number of aryl methyl sites for hydroxylation is 1. The van der Waals surface area contributed by atoms with Crippen LogP contribution in [0, 0.1) is 11.6 Å². The molecule has 0 atom stereocenters. The first-order valence-electron chi connectivity index (χ1n) is 7.31. The molecule has 0 aliphatic rings. The van der Waals surface area contributed by atoms with E-state index in [1.54, 1.807) is 0 Å². The molecule has 0 fully saturated rings. The Labute approximate surface area is 129 Å². The zero-order chi connectivity index (χ0) is 15.9. The highest BCUT2D eigenvalue weighted by molar-refractivity contribution is 5.54. The summed E-state index contributed by atoms with van der Waals surface area (Å²) in [6, 6.07) is 9.48. The third kappa shape index (κ3) is 4.10. The maximum absolute atomic E-state index is 13.4. The molecule has 5 heteroatoms. The van der Waals surface area contributed by atoms with E-state index < -0.39 is 11.6 Å². The van der Waals surface area contributed by atoms with Gasteiger partial charge >= 0.3 is 0 Å². The fourth-order valence-electron chi connectivity index (χ4n) is 2.21. The lowest BCUT2D eigenvalue weighted by atomic mass is 10.1. The van der Waals surface area contributed by atoms with Crippen molar-refractivity contribution in [2.24, 2.45) is 0 Å². The molecule has 22 heavy (non-hydrogen) atoms. The predicted octanol–water partition coefficient (Wildman–Crippen LogP) is 3.99. The highest BCUT2D eigenvalue weighted by Crippen LogP contribution is 2.23. The Morgan fingerprint density at radius 2 is 1.86 bits per heavy atom. The number of benzene rings is 2. The molecule has 3 nitrogen and oxygen atoms in total. The number of nitrogen functional groups attached to an aromatic ring is 1. The van der Waals surface area contributed by atoms with E-state index in [4.69, 9.17) is 10.5 Å². The maximum Gasteiger partial charge on any atom is 0.149 e. The van der Waals surface area contributed by atoms with Gasteiger partial charge in [-0.25, -0.2) is 8.78 Å². The van der Waals surface area contributed by atoms with E-state index in [0.29, 0.717) is 24.6 Å². The summed E-state index contributed by atoms with van der Waals surface area (Å²) in [5.41, 5.74) is 7.50. The van der Waals surface area contributed by atoms with Crippen LogP contribution in [-0.4, -0.2) is 13.2 Å². The summed E-state index contributed by atoms with van der Waals surface area (Å²) in [6.07, 6.45) is 1.50. The van der Waals surface area contributed by atoms with Crippen molar-refractivity contribution in [3.8, 4) is 5.75 Å². The number of para-hydroxylation sites is 1. The van der Waals surface area contributed by atoms with Gasteiger partial charge in [0.25, 0.3) is 0 Å². The molecular formula is C17H20F2N2O. The second-order valence-corrected chi connectivity index (χ2v) is 4.93. The highest BCUT2D eigenvalue weighted by atomic mass is 19.1. The molecule has 0 spiro atoms. The van der Waals surface area contributed by atoms with Crippen LogP contribution in [0.1, 0.15) is 18.9 Å². The lowest BCUT2D eigenvalue weighted by molar-refractivity contribution is 0.342. The van der Waals surface area contributed by atoms with Crippen LogP contribution in [0.3, 0.4) is 0 Å². The van der Waals surface area contributed by atoms with Crippen LogP contribution in [0.25, 0.3) is 0 Å². The lowest BCUT2D eigenvalue weighted by Gasteiger charge is -2.10. The first kappa shape index (κ1) is 16.1. The molecule has 3 N–H and O–H groups in total. The van der Waals surface area contributed by atoms with Gasteiger partial charge in [0, 0.05) is 6.54 Å². The second kappa shape index (κ2) is 7.64. The normalized spacial score (nSPS) is 10.5. The fraction of sp³-hybridized carbons (Fsp3) is 0.294. The Morgan fingerprint density at radius 3 is 2.50 bits per heavy atom. The van der Waals surface area contributed by atoms with E-state index in [-0.39, 0.29) is 5.69 Å². The quantitative estimate of drug-likeness (QED) is 0.600. The topological polar surface area (TPSA) is 47.3 Å². The third-order valence-electron chi connectivity index (χ3n) is 3.28. The van der Waals surface area contributed by atoms with Crippen molar-refractivity contribution >= 4 is 11.4 Å². The van der Waals surface area contributed by atoms with Crippen LogP contribution in [0.5, 0.6) is 5.75 Å². The molecule has 2 aromatic carbocycles. The minimum absolute atomic E-state index is 0.0753. The second-order valence-electron chi connectivity index (χ2n) is 4.93. The molecule has 0 unspecified atom stereocenters. The van der Waals surface area contributed by atoms with E-state index in [1.807, 2.05) is 25.1 Å². The molecule has 0 heterocycles. The first-order chi connectivity index (χ1) is 10.6. The molecule has 0 saturated carbocycles. The van der Waals surface area contributed by atoms with Crippen LogP contribution >= 0.6 is 0 Å². The molecule has 2 aromatic rings. The minimum atomic E-state index is -0.578. The third-order valence-corrected chi connectivity index (χ3v) is 3.28. The Bertz CT molecular complexity index is 612. The first-order valence-corrected chi connectivity index (χ1v) is 7.31. The Morgan fingerprint density at radius 1 is 1.14 bits per heavy atom. The van der Waals surface area contributed by atoms with E-state index in [1.165, 1.54) is 18.2 Å². The Kier molecular flexibility index (Phi) is 5.58. The molecule has 0 aliphatic heterocycles. The zero-order valence-corrected chi connectivity index (χ0v) is 12.5. The van der Waals surface area contributed by atoms with Crippen molar-refractivity contribution in [2.45, 2.75) is 19.8 Å². The fourth-order valence-corrected chi connectivity index (χ4v) is 2.21. The van der Waals surface area contributed by atoms with Crippen LogP contribution in [0.4, 0.5) is 20.2 Å². The smallest absolute Gasteiger partial charge is 0.149 e. The predicted molar refractivity (Wildman–Crippen MR) is 85.2 cm³/mol. The van der Waals surface area contributed by atoms with Crippen molar-refractivity contribution in [2.75, 3.05) is 24.2 Å². The summed E-state index contributed by atoms with van der Waals surface area (Å²) in [4.78, 5) is 0. The van der Waals surface area contributed by atoms with E-state index >= 15 is 0 Å². The van der Waals surface area contributed by atoms with Gasteiger partial charge in [-0.3, -0.25) is 0 Å². The summed E-state index contributed by atoms with van der Waals surface area (Å²) in [5.74, 6) is -0.478. The molecule has 0 saturated heterocycles. The van der Waals surface area contributed by atoms with Gasteiger partial charge in [0.15, 0.2) is 0 Å². The largest absolute Gasteiger partial charge is 0.492 e. The van der Waals surface area contributed by atoms with Crippen molar-refractivity contribution in [3.63, 3.8) is 0 Å². The summed E-state index contributed by atoms with van der Waals surface area (Å²) in [5, 5.41) is 2.79. The monoisotopic (exact) mass is 306 g/mol. The van der Waals surface area contributed by atoms with Crippen LogP contribution in [-0.2, 0) is 6.42 Å². The number of hydrogen-bond acceptors (Lipinski definition) is 3.